The Morgan fingerprint density at radius 1 is 1.47 bits per heavy atom. The molecule has 0 spiro atoms. The molecule has 0 atom stereocenters. The predicted molar refractivity (Wildman–Crippen MR) is 73.9 cm³/mol. The van der Waals surface area contributed by atoms with Gasteiger partial charge in [-0.25, -0.2) is 8.42 Å². The zero-order chi connectivity index (χ0) is 14.0. The lowest BCUT2D eigenvalue weighted by Gasteiger charge is -2.26. The van der Waals surface area contributed by atoms with Crippen molar-refractivity contribution >= 4 is 10.0 Å². The van der Waals surface area contributed by atoms with Crippen molar-refractivity contribution in [3.05, 3.63) is 24.0 Å². The van der Waals surface area contributed by atoms with Crippen LogP contribution in [-0.2, 0) is 16.6 Å². The van der Waals surface area contributed by atoms with Crippen LogP contribution in [0.2, 0.25) is 0 Å². The predicted octanol–water partition coefficient (Wildman–Crippen LogP) is 1.35. The number of hydrogen-bond donors (Lipinski definition) is 1. The summed E-state index contributed by atoms with van der Waals surface area (Å²) in [5.74, 6) is 0.509. The molecule has 1 aromatic heterocycles. The Balaban J connectivity index is 2.37. The number of rotatable bonds is 6. The van der Waals surface area contributed by atoms with Gasteiger partial charge in [0.2, 0.25) is 10.0 Å². The lowest BCUT2D eigenvalue weighted by Crippen LogP contribution is -2.39. The molecule has 1 fully saturated rings. The van der Waals surface area contributed by atoms with Gasteiger partial charge in [-0.2, -0.15) is 4.31 Å². The summed E-state index contributed by atoms with van der Waals surface area (Å²) in [5.41, 5.74) is 6.03. The summed E-state index contributed by atoms with van der Waals surface area (Å²) in [5, 5.41) is 0. The van der Waals surface area contributed by atoms with E-state index >= 15 is 0 Å². The molecule has 1 aromatic rings. The molecule has 1 aliphatic carbocycles. The average molecular weight is 283 g/mol. The quantitative estimate of drug-likeness (QED) is 0.855. The summed E-state index contributed by atoms with van der Waals surface area (Å²) >= 11 is 0. The summed E-state index contributed by atoms with van der Waals surface area (Å²) in [6, 6.07) is 3.17. The number of hydrogen-bond acceptors (Lipinski definition) is 4. The summed E-state index contributed by atoms with van der Waals surface area (Å²) < 4.78 is 27.1. The number of pyridine rings is 1. The van der Waals surface area contributed by atoms with Crippen LogP contribution in [0.25, 0.3) is 0 Å². The third-order valence-corrected chi connectivity index (χ3v) is 5.46. The highest BCUT2D eigenvalue weighted by molar-refractivity contribution is 7.89. The molecule has 2 N–H and O–H groups in total. The SMILES string of the molecule is CC(C)N(CC1CC1)S(=O)(=O)c1cccnc1CN. The molecule has 1 saturated carbocycles. The second-order valence-corrected chi connectivity index (χ2v) is 7.12. The Labute approximate surface area is 114 Å². The van der Waals surface area contributed by atoms with Gasteiger partial charge in [-0.3, -0.25) is 4.98 Å². The molecule has 1 heterocycles. The van der Waals surface area contributed by atoms with E-state index in [1.807, 2.05) is 13.8 Å². The van der Waals surface area contributed by atoms with E-state index in [0.29, 0.717) is 18.2 Å². The van der Waals surface area contributed by atoms with E-state index in [-0.39, 0.29) is 17.5 Å². The van der Waals surface area contributed by atoms with Gasteiger partial charge < -0.3 is 5.73 Å². The molecule has 1 aliphatic rings. The number of sulfonamides is 1. The maximum atomic E-state index is 12.7. The van der Waals surface area contributed by atoms with Gasteiger partial charge in [0.05, 0.1) is 5.69 Å². The van der Waals surface area contributed by atoms with Crippen LogP contribution in [0.1, 0.15) is 32.4 Å². The average Bonchev–Trinajstić information content (AvgIpc) is 3.19. The third-order valence-electron chi connectivity index (χ3n) is 3.34. The summed E-state index contributed by atoms with van der Waals surface area (Å²) in [4.78, 5) is 4.31. The van der Waals surface area contributed by atoms with Crippen LogP contribution in [0.3, 0.4) is 0 Å². The van der Waals surface area contributed by atoms with Crippen molar-refractivity contribution in [3.8, 4) is 0 Å². The molecular weight excluding hydrogens is 262 g/mol. The first-order valence-corrected chi connectivity index (χ1v) is 8.06. The number of aromatic nitrogens is 1. The molecule has 0 saturated heterocycles. The van der Waals surface area contributed by atoms with Crippen LogP contribution in [0, 0.1) is 5.92 Å². The van der Waals surface area contributed by atoms with Crippen molar-refractivity contribution in [1.29, 1.82) is 0 Å². The van der Waals surface area contributed by atoms with Gasteiger partial charge in [0.1, 0.15) is 4.90 Å². The Morgan fingerprint density at radius 3 is 2.68 bits per heavy atom. The molecule has 0 aromatic carbocycles. The Kier molecular flexibility index (Phi) is 4.23. The minimum atomic E-state index is -3.51. The zero-order valence-electron chi connectivity index (χ0n) is 11.4. The molecule has 19 heavy (non-hydrogen) atoms. The van der Waals surface area contributed by atoms with Crippen LogP contribution >= 0.6 is 0 Å². The molecule has 0 radical (unpaired) electrons. The summed E-state index contributed by atoms with van der Waals surface area (Å²) in [6.45, 7) is 4.53. The molecule has 6 heteroatoms. The van der Waals surface area contributed by atoms with Crippen LogP contribution < -0.4 is 5.73 Å². The van der Waals surface area contributed by atoms with Crippen LogP contribution in [0.4, 0.5) is 0 Å². The Morgan fingerprint density at radius 2 is 2.16 bits per heavy atom. The van der Waals surface area contributed by atoms with Gasteiger partial charge in [-0.15, -0.1) is 0 Å². The molecule has 0 aliphatic heterocycles. The van der Waals surface area contributed by atoms with Gasteiger partial charge in [0, 0.05) is 25.3 Å². The number of nitrogens with zero attached hydrogens (tertiary/aromatic N) is 2. The molecule has 2 rings (SSSR count). The lowest BCUT2D eigenvalue weighted by molar-refractivity contribution is 0.341. The second kappa shape index (κ2) is 5.56. The first kappa shape index (κ1) is 14.4. The first-order valence-electron chi connectivity index (χ1n) is 6.62. The van der Waals surface area contributed by atoms with Gasteiger partial charge in [0.25, 0.3) is 0 Å². The highest BCUT2D eigenvalue weighted by Gasteiger charge is 2.34. The highest BCUT2D eigenvalue weighted by atomic mass is 32.2. The largest absolute Gasteiger partial charge is 0.325 e. The third kappa shape index (κ3) is 3.13. The standard InChI is InChI=1S/C13H21N3O2S/c1-10(2)16(9-11-5-6-11)19(17,18)13-4-3-7-15-12(13)8-14/h3-4,7,10-11H,5-6,8-9,14H2,1-2H3. The van der Waals surface area contributed by atoms with E-state index in [1.165, 1.54) is 0 Å². The van der Waals surface area contributed by atoms with Gasteiger partial charge in [-0.1, -0.05) is 0 Å². The monoisotopic (exact) mass is 283 g/mol. The van der Waals surface area contributed by atoms with E-state index < -0.39 is 10.0 Å². The van der Waals surface area contributed by atoms with Crippen molar-refractivity contribution in [1.82, 2.24) is 9.29 Å². The van der Waals surface area contributed by atoms with Crippen molar-refractivity contribution in [2.75, 3.05) is 6.54 Å². The fourth-order valence-electron chi connectivity index (χ4n) is 2.08. The second-order valence-electron chi connectivity index (χ2n) is 5.26. The van der Waals surface area contributed by atoms with E-state index in [1.54, 1.807) is 22.6 Å². The Hall–Kier alpha value is -0.980. The van der Waals surface area contributed by atoms with E-state index in [4.69, 9.17) is 5.73 Å². The van der Waals surface area contributed by atoms with E-state index in [0.717, 1.165) is 12.8 Å². The van der Waals surface area contributed by atoms with Crippen molar-refractivity contribution in [2.45, 2.75) is 44.2 Å². The number of nitrogens with two attached hydrogens (primary N) is 1. The first-order chi connectivity index (χ1) is 8.96. The summed E-state index contributed by atoms with van der Waals surface area (Å²) in [7, 11) is -3.51. The smallest absolute Gasteiger partial charge is 0.245 e. The highest BCUT2D eigenvalue weighted by Crippen LogP contribution is 2.32. The molecule has 0 bridgehead atoms. The maximum Gasteiger partial charge on any atom is 0.245 e. The van der Waals surface area contributed by atoms with Crippen LogP contribution in [0.15, 0.2) is 23.2 Å². The van der Waals surface area contributed by atoms with Crippen molar-refractivity contribution in [2.24, 2.45) is 11.7 Å². The Bertz CT molecular complexity index is 539. The van der Waals surface area contributed by atoms with Gasteiger partial charge in [-0.05, 0) is 44.7 Å². The molecule has 0 unspecified atom stereocenters. The summed E-state index contributed by atoms with van der Waals surface area (Å²) in [6.07, 6.45) is 3.81. The minimum Gasteiger partial charge on any atom is -0.325 e. The van der Waals surface area contributed by atoms with Crippen molar-refractivity contribution in [3.63, 3.8) is 0 Å². The minimum absolute atomic E-state index is 0.0589. The van der Waals surface area contributed by atoms with Gasteiger partial charge in [0.15, 0.2) is 0 Å². The van der Waals surface area contributed by atoms with Gasteiger partial charge >= 0.3 is 0 Å². The van der Waals surface area contributed by atoms with Crippen LogP contribution in [-0.4, -0.2) is 30.3 Å². The van der Waals surface area contributed by atoms with E-state index in [2.05, 4.69) is 4.98 Å². The molecule has 106 valence electrons. The zero-order valence-corrected chi connectivity index (χ0v) is 12.2. The van der Waals surface area contributed by atoms with Crippen LogP contribution in [0.5, 0.6) is 0 Å². The fraction of sp³-hybridized carbons (Fsp3) is 0.615. The molecular formula is C13H21N3O2S. The van der Waals surface area contributed by atoms with E-state index in [9.17, 15) is 8.42 Å². The molecule has 0 amide bonds. The topological polar surface area (TPSA) is 76.3 Å². The normalized spacial score (nSPS) is 16.3. The fourth-order valence-corrected chi connectivity index (χ4v) is 3.98. The molecule has 5 nitrogen and oxygen atoms in total. The van der Waals surface area contributed by atoms with Crippen molar-refractivity contribution < 1.29 is 8.42 Å². The maximum absolute atomic E-state index is 12.7. The lowest BCUT2D eigenvalue weighted by atomic mass is 10.3.